The highest BCUT2D eigenvalue weighted by atomic mass is 28.2. The van der Waals surface area contributed by atoms with E-state index in [1.165, 1.54) is 11.6 Å². The second-order valence-electron chi connectivity index (χ2n) is 3.19. The van der Waals surface area contributed by atoms with E-state index in [0.29, 0.717) is 17.9 Å². The van der Waals surface area contributed by atoms with Crippen molar-refractivity contribution in [3.63, 3.8) is 0 Å². The summed E-state index contributed by atoms with van der Waals surface area (Å²) in [5.41, 5.74) is 3.32. The predicted octanol–water partition coefficient (Wildman–Crippen LogP) is 2.56. The zero-order valence-corrected chi connectivity index (χ0v) is 10.5. The molecule has 0 saturated carbocycles. The normalized spacial score (nSPS) is 7.25. The van der Waals surface area contributed by atoms with E-state index in [1.807, 2.05) is 19.5 Å². The number of rotatable bonds is 1. The lowest BCUT2D eigenvalue weighted by Crippen LogP contribution is -1.82. The summed E-state index contributed by atoms with van der Waals surface area (Å²) in [6.07, 6.45) is 0. The van der Waals surface area contributed by atoms with Gasteiger partial charge in [0.05, 0.1) is 0 Å². The molecule has 66 valence electrons. The summed E-state index contributed by atoms with van der Waals surface area (Å²) >= 11 is 0. The third-order valence-corrected chi connectivity index (χ3v) is 2.69. The highest BCUT2D eigenvalue weighted by Gasteiger charge is 1.83. The average Bonchev–Trinajstić information content (AvgIpc) is 1.87. The van der Waals surface area contributed by atoms with Gasteiger partial charge in [0, 0.05) is 8.96 Å². The lowest BCUT2D eigenvalue weighted by atomic mass is 10.3. The molecule has 0 spiro atoms. The first kappa shape index (κ1) is 14.3. The minimum atomic E-state index is 0.476. The zero-order chi connectivity index (χ0) is 9.98. The van der Waals surface area contributed by atoms with Gasteiger partial charge in [-0.2, -0.15) is 12.0 Å². The second kappa shape index (κ2) is 10.7. The van der Waals surface area contributed by atoms with Crippen LogP contribution < -0.4 is 0 Å². The summed E-state index contributed by atoms with van der Waals surface area (Å²) in [7, 11) is 1.11. The van der Waals surface area contributed by atoms with Crippen molar-refractivity contribution < 1.29 is 0 Å². The minimum absolute atomic E-state index is 0.476. The summed E-state index contributed by atoms with van der Waals surface area (Å²) in [6.45, 7) is 8.44. The molecule has 0 unspecified atom stereocenters. The van der Waals surface area contributed by atoms with Crippen LogP contribution in [0.25, 0.3) is 0 Å². The van der Waals surface area contributed by atoms with Crippen LogP contribution in [0.15, 0.2) is 11.3 Å². The van der Waals surface area contributed by atoms with E-state index < -0.39 is 0 Å². The Labute approximate surface area is 81.3 Å². The first-order chi connectivity index (χ1) is 5.54. The summed E-state index contributed by atoms with van der Waals surface area (Å²) in [5.74, 6) is 0.785. The largest absolute Gasteiger partial charge is 0.158 e. The monoisotopic (exact) mass is 194 g/mol. The van der Waals surface area contributed by atoms with Crippen LogP contribution in [-0.4, -0.2) is 17.9 Å². The van der Waals surface area contributed by atoms with Gasteiger partial charge in [0.25, 0.3) is 0 Å². The van der Waals surface area contributed by atoms with Gasteiger partial charge in [0.15, 0.2) is 0 Å². The maximum atomic E-state index is 5.26. The molecule has 0 aromatic rings. The molecule has 0 saturated heterocycles. The molecule has 0 heterocycles. The summed E-state index contributed by atoms with van der Waals surface area (Å²) in [4.78, 5) is 0. The molecule has 0 aliphatic carbocycles. The second-order valence-corrected chi connectivity index (χ2v) is 4.63. The fourth-order valence-electron chi connectivity index (χ4n) is 0.402. The Morgan fingerprint density at radius 3 is 1.83 bits per heavy atom. The van der Waals surface area contributed by atoms with Crippen LogP contribution in [0.3, 0.4) is 0 Å². The fraction of sp³-hybridized carbons (Fsp3) is 0.600. The zero-order valence-electron chi connectivity index (χ0n) is 8.52. The first-order valence-electron chi connectivity index (χ1n) is 4.07. The Bertz CT molecular complexity index is 197. The smallest absolute Gasteiger partial charge is 0.0112 e. The van der Waals surface area contributed by atoms with Crippen LogP contribution in [0.5, 0.6) is 0 Å². The van der Waals surface area contributed by atoms with Crippen molar-refractivity contribution in [3.8, 4) is 12.0 Å². The van der Waals surface area contributed by atoms with E-state index >= 15 is 0 Å². The quantitative estimate of drug-likeness (QED) is 0.563. The summed E-state index contributed by atoms with van der Waals surface area (Å²) in [6, 6.07) is 11.6. The Morgan fingerprint density at radius 2 is 1.83 bits per heavy atom. The first-order valence-corrected chi connectivity index (χ1v) is 6.51. The molecular formula is C10H18Si2. The van der Waals surface area contributed by atoms with Crippen molar-refractivity contribution in [2.24, 2.45) is 5.92 Å². The molecule has 0 aromatic heterocycles. The molecule has 0 nitrogen and oxygen atoms in total. The van der Waals surface area contributed by atoms with E-state index in [-0.39, 0.29) is 0 Å². The van der Waals surface area contributed by atoms with Crippen molar-refractivity contribution in [3.05, 3.63) is 11.3 Å². The minimum Gasteiger partial charge on any atom is -0.158 e. The molecule has 0 radical (unpaired) electrons. The van der Waals surface area contributed by atoms with Crippen LogP contribution in [0.2, 0.25) is 6.04 Å². The third-order valence-electron chi connectivity index (χ3n) is 0.898. The predicted molar refractivity (Wildman–Crippen MR) is 60.5 cm³/mol. The molecular weight excluding hydrogens is 176 g/mol. The van der Waals surface area contributed by atoms with E-state index in [0.717, 1.165) is 5.92 Å². The third kappa shape index (κ3) is 22.6. The van der Waals surface area contributed by atoms with Gasteiger partial charge in [0.2, 0.25) is 0 Å². The standard InChI is InChI=1S/C5H10Si.C5H8Si/c2*1-5(2)4-6-3/h3,5H,4H2,1-2H3;3-4H,1-2H3. The molecule has 0 aliphatic heterocycles. The van der Waals surface area contributed by atoms with Crippen LogP contribution in [0, 0.1) is 17.9 Å². The van der Waals surface area contributed by atoms with Gasteiger partial charge in [-0.3, -0.25) is 0 Å². The number of hydrogen-bond acceptors (Lipinski definition) is 0. The summed E-state index contributed by atoms with van der Waals surface area (Å²) < 4.78 is 0. The maximum Gasteiger partial charge on any atom is 0.0112 e. The van der Waals surface area contributed by atoms with Crippen molar-refractivity contribution in [1.29, 1.82) is 0 Å². The molecule has 0 amide bonds. The Hall–Kier alpha value is -0.266. The van der Waals surface area contributed by atoms with Gasteiger partial charge in [-0.05, 0) is 40.5 Å². The molecule has 0 fully saturated rings. The lowest BCUT2D eigenvalue weighted by Gasteiger charge is -1.90. The number of hydrogen-bond donors (Lipinski definition) is 0. The van der Waals surface area contributed by atoms with Gasteiger partial charge in [-0.25, -0.2) is 0 Å². The van der Waals surface area contributed by atoms with Crippen molar-refractivity contribution in [2.75, 3.05) is 0 Å². The Kier molecular flexibility index (Phi) is 12.8. The van der Waals surface area contributed by atoms with Gasteiger partial charge in [-0.1, -0.05) is 19.4 Å². The fourth-order valence-corrected chi connectivity index (χ4v) is 1.21. The SMILES string of the molecule is C#[Si]C=C(C)C.C#[Si]CC(C)C. The average molecular weight is 194 g/mol. The van der Waals surface area contributed by atoms with E-state index in [9.17, 15) is 0 Å². The van der Waals surface area contributed by atoms with Crippen LogP contribution in [-0.2, 0) is 0 Å². The van der Waals surface area contributed by atoms with Crippen molar-refractivity contribution >= 4 is 17.9 Å². The van der Waals surface area contributed by atoms with E-state index in [2.05, 4.69) is 13.8 Å². The molecule has 0 aliphatic rings. The van der Waals surface area contributed by atoms with Crippen LogP contribution in [0.1, 0.15) is 27.7 Å². The highest BCUT2D eigenvalue weighted by Crippen LogP contribution is 1.93. The molecule has 2 heteroatoms. The molecule has 0 N–H and O–H groups in total. The van der Waals surface area contributed by atoms with Gasteiger partial charge < -0.3 is 0 Å². The van der Waals surface area contributed by atoms with E-state index in [1.54, 1.807) is 0 Å². The van der Waals surface area contributed by atoms with Gasteiger partial charge in [-0.15, -0.1) is 0 Å². The molecule has 0 aromatic carbocycles. The summed E-state index contributed by atoms with van der Waals surface area (Å²) in [5, 5.41) is 0. The van der Waals surface area contributed by atoms with Gasteiger partial charge in [0.1, 0.15) is 0 Å². The van der Waals surface area contributed by atoms with Crippen molar-refractivity contribution in [2.45, 2.75) is 33.7 Å². The maximum absolute atomic E-state index is 5.26. The lowest BCUT2D eigenvalue weighted by molar-refractivity contribution is 0.734. The molecule has 0 rings (SSSR count). The Balaban J connectivity index is 0. The molecule has 0 bridgehead atoms. The van der Waals surface area contributed by atoms with Gasteiger partial charge >= 0.3 is 0 Å². The molecule has 0 atom stereocenters. The van der Waals surface area contributed by atoms with Crippen LogP contribution >= 0.6 is 0 Å². The van der Waals surface area contributed by atoms with Crippen molar-refractivity contribution in [1.82, 2.24) is 0 Å². The van der Waals surface area contributed by atoms with E-state index in [4.69, 9.17) is 12.0 Å². The van der Waals surface area contributed by atoms with Crippen LogP contribution in [0.4, 0.5) is 0 Å². The topological polar surface area (TPSA) is 0 Å². The molecule has 12 heavy (non-hydrogen) atoms. The number of allylic oxidation sites excluding steroid dienone is 1. The Morgan fingerprint density at radius 1 is 1.33 bits per heavy atom. The highest BCUT2D eigenvalue weighted by molar-refractivity contribution is 6.29.